The zero-order valence-corrected chi connectivity index (χ0v) is 14.1. The van der Waals surface area contributed by atoms with Crippen LogP contribution in [0.4, 0.5) is 14.5 Å². The van der Waals surface area contributed by atoms with Crippen molar-refractivity contribution in [3.8, 4) is 5.75 Å². The number of halogens is 2. The van der Waals surface area contributed by atoms with Gasteiger partial charge in [-0.3, -0.25) is 4.79 Å². The lowest BCUT2D eigenvalue weighted by Gasteiger charge is -2.23. The first-order valence-electron chi connectivity index (χ1n) is 8.23. The zero-order chi connectivity index (χ0) is 18.1. The van der Waals surface area contributed by atoms with Gasteiger partial charge in [-0.1, -0.05) is 24.3 Å². The second-order valence-electron chi connectivity index (χ2n) is 5.43. The van der Waals surface area contributed by atoms with Gasteiger partial charge < -0.3 is 15.0 Å². The van der Waals surface area contributed by atoms with Gasteiger partial charge in [-0.15, -0.1) is 0 Å². The Labute approximate surface area is 146 Å². The van der Waals surface area contributed by atoms with E-state index in [2.05, 4.69) is 34.0 Å². The molecule has 1 N–H and O–H groups in total. The maximum absolute atomic E-state index is 12.2. The molecule has 134 valence electrons. The molecule has 6 heteroatoms. The smallest absolute Gasteiger partial charge is 0.387 e. The molecule has 2 aromatic carbocycles. The van der Waals surface area contributed by atoms with Crippen LogP contribution in [0, 0.1) is 0 Å². The third-order valence-electron chi connectivity index (χ3n) is 3.71. The Bertz CT molecular complexity index is 665. The zero-order valence-electron chi connectivity index (χ0n) is 14.1. The molecule has 0 saturated heterocycles. The molecular formula is C19H22F2N2O2. The molecule has 0 heterocycles. The molecule has 2 aromatic rings. The number of nitrogens with one attached hydrogen (secondary N) is 1. The first-order valence-corrected chi connectivity index (χ1v) is 8.23. The van der Waals surface area contributed by atoms with Crippen molar-refractivity contribution in [2.24, 2.45) is 0 Å². The molecule has 0 spiro atoms. The van der Waals surface area contributed by atoms with E-state index in [1.54, 1.807) is 6.07 Å². The van der Waals surface area contributed by atoms with Gasteiger partial charge in [0.2, 0.25) is 0 Å². The fourth-order valence-electron chi connectivity index (χ4n) is 2.50. The molecule has 0 saturated carbocycles. The predicted molar refractivity (Wildman–Crippen MR) is 94.4 cm³/mol. The van der Waals surface area contributed by atoms with Gasteiger partial charge >= 0.3 is 6.61 Å². The van der Waals surface area contributed by atoms with Gasteiger partial charge in [-0.2, -0.15) is 8.78 Å². The molecule has 0 aromatic heterocycles. The Kier molecular flexibility index (Phi) is 7.19. The molecule has 1 amide bonds. The average molecular weight is 348 g/mol. The molecule has 0 fully saturated rings. The minimum atomic E-state index is -2.91. The SMILES string of the molecule is CCN(CCCNC(=O)c1cccc(OC(F)F)c1)c1ccccc1. The minimum absolute atomic E-state index is 0.0242. The summed E-state index contributed by atoms with van der Waals surface area (Å²) in [5, 5.41) is 2.80. The summed E-state index contributed by atoms with van der Waals surface area (Å²) in [6, 6.07) is 15.8. The van der Waals surface area contributed by atoms with Crippen molar-refractivity contribution in [3.63, 3.8) is 0 Å². The molecule has 4 nitrogen and oxygen atoms in total. The fraction of sp³-hybridized carbons (Fsp3) is 0.316. The van der Waals surface area contributed by atoms with Crippen LogP contribution in [-0.2, 0) is 0 Å². The summed E-state index contributed by atoms with van der Waals surface area (Å²) in [6.07, 6.45) is 0.779. The molecule has 0 unspecified atom stereocenters. The average Bonchev–Trinajstić information content (AvgIpc) is 2.62. The topological polar surface area (TPSA) is 41.6 Å². The highest BCUT2D eigenvalue weighted by atomic mass is 19.3. The van der Waals surface area contributed by atoms with E-state index in [0.717, 1.165) is 25.2 Å². The highest BCUT2D eigenvalue weighted by Gasteiger charge is 2.09. The van der Waals surface area contributed by atoms with Crippen molar-refractivity contribution in [2.45, 2.75) is 20.0 Å². The summed E-state index contributed by atoms with van der Waals surface area (Å²) in [5.74, 6) is -0.327. The van der Waals surface area contributed by atoms with Crippen LogP contribution in [-0.4, -0.2) is 32.2 Å². The first kappa shape index (κ1) is 18.7. The number of rotatable bonds is 9. The first-order chi connectivity index (χ1) is 12.1. The predicted octanol–water partition coefficient (Wildman–Crippen LogP) is 3.93. The molecule has 0 atom stereocenters. The largest absolute Gasteiger partial charge is 0.435 e. The molecule has 0 aliphatic rings. The Morgan fingerprint density at radius 2 is 1.92 bits per heavy atom. The molecule has 25 heavy (non-hydrogen) atoms. The van der Waals surface area contributed by atoms with Gasteiger partial charge in [-0.05, 0) is 43.7 Å². The lowest BCUT2D eigenvalue weighted by atomic mass is 10.2. The number of hydrogen-bond donors (Lipinski definition) is 1. The quantitative estimate of drug-likeness (QED) is 0.698. The van der Waals surface area contributed by atoms with Crippen LogP contribution < -0.4 is 15.0 Å². The van der Waals surface area contributed by atoms with E-state index in [-0.39, 0.29) is 11.7 Å². The second kappa shape index (κ2) is 9.61. The van der Waals surface area contributed by atoms with Crippen LogP contribution in [0.3, 0.4) is 0 Å². The normalized spacial score (nSPS) is 10.6. The number of nitrogens with zero attached hydrogens (tertiary/aromatic N) is 1. The second-order valence-corrected chi connectivity index (χ2v) is 5.43. The molecular weight excluding hydrogens is 326 g/mol. The summed E-state index contributed by atoms with van der Waals surface area (Å²) in [7, 11) is 0. The number of para-hydroxylation sites is 1. The number of anilines is 1. The third-order valence-corrected chi connectivity index (χ3v) is 3.71. The van der Waals surface area contributed by atoms with Crippen LogP contribution in [0.2, 0.25) is 0 Å². The highest BCUT2D eigenvalue weighted by molar-refractivity contribution is 5.94. The number of hydrogen-bond acceptors (Lipinski definition) is 3. The van der Waals surface area contributed by atoms with E-state index in [4.69, 9.17) is 0 Å². The molecule has 0 aliphatic carbocycles. The van der Waals surface area contributed by atoms with Crippen molar-refractivity contribution < 1.29 is 18.3 Å². The van der Waals surface area contributed by atoms with Gasteiger partial charge in [-0.25, -0.2) is 0 Å². The van der Waals surface area contributed by atoms with E-state index in [0.29, 0.717) is 12.1 Å². The van der Waals surface area contributed by atoms with Gasteiger partial charge in [0.05, 0.1) is 0 Å². The van der Waals surface area contributed by atoms with Crippen molar-refractivity contribution in [3.05, 3.63) is 60.2 Å². The van der Waals surface area contributed by atoms with Gasteiger partial charge in [0.25, 0.3) is 5.91 Å². The van der Waals surface area contributed by atoms with E-state index in [9.17, 15) is 13.6 Å². The van der Waals surface area contributed by atoms with Crippen LogP contribution in [0.25, 0.3) is 0 Å². The van der Waals surface area contributed by atoms with E-state index >= 15 is 0 Å². The maximum Gasteiger partial charge on any atom is 0.387 e. The van der Waals surface area contributed by atoms with Gasteiger partial charge in [0.15, 0.2) is 0 Å². The van der Waals surface area contributed by atoms with E-state index in [1.807, 2.05) is 18.2 Å². The highest BCUT2D eigenvalue weighted by Crippen LogP contribution is 2.16. The monoisotopic (exact) mass is 348 g/mol. The minimum Gasteiger partial charge on any atom is -0.435 e. The Morgan fingerprint density at radius 3 is 2.60 bits per heavy atom. The van der Waals surface area contributed by atoms with Crippen molar-refractivity contribution in [2.75, 3.05) is 24.5 Å². The number of carbonyl (C=O) groups is 1. The third kappa shape index (κ3) is 6.06. The molecule has 0 bridgehead atoms. The van der Waals surface area contributed by atoms with E-state index < -0.39 is 6.61 Å². The van der Waals surface area contributed by atoms with Crippen LogP contribution in [0.5, 0.6) is 5.75 Å². The summed E-state index contributed by atoms with van der Waals surface area (Å²) in [5.41, 5.74) is 1.45. The summed E-state index contributed by atoms with van der Waals surface area (Å²) >= 11 is 0. The number of carbonyl (C=O) groups excluding carboxylic acids is 1. The van der Waals surface area contributed by atoms with Crippen molar-refractivity contribution >= 4 is 11.6 Å². The van der Waals surface area contributed by atoms with Gasteiger partial charge in [0.1, 0.15) is 5.75 Å². The standard InChI is InChI=1S/C19H22F2N2O2/c1-2-23(16-9-4-3-5-10-16)13-7-12-22-18(24)15-8-6-11-17(14-15)25-19(20)21/h3-6,8-11,14,19H,2,7,12-13H2,1H3,(H,22,24). The fourth-order valence-corrected chi connectivity index (χ4v) is 2.50. The number of ether oxygens (including phenoxy) is 1. The Morgan fingerprint density at radius 1 is 1.16 bits per heavy atom. The lowest BCUT2D eigenvalue weighted by Crippen LogP contribution is -2.30. The lowest BCUT2D eigenvalue weighted by molar-refractivity contribution is -0.0498. The Balaban J connectivity index is 1.80. The van der Waals surface area contributed by atoms with Crippen LogP contribution >= 0.6 is 0 Å². The molecule has 0 radical (unpaired) electrons. The van der Waals surface area contributed by atoms with E-state index in [1.165, 1.54) is 18.2 Å². The number of benzene rings is 2. The summed E-state index contributed by atoms with van der Waals surface area (Å²) < 4.78 is 28.8. The van der Waals surface area contributed by atoms with Crippen molar-refractivity contribution in [1.82, 2.24) is 5.32 Å². The molecule has 0 aliphatic heterocycles. The summed E-state index contributed by atoms with van der Waals surface area (Å²) in [6.45, 7) is 1.37. The Hall–Kier alpha value is -2.63. The number of amides is 1. The summed E-state index contributed by atoms with van der Waals surface area (Å²) in [4.78, 5) is 14.3. The van der Waals surface area contributed by atoms with Crippen molar-refractivity contribution in [1.29, 1.82) is 0 Å². The number of alkyl halides is 2. The molecule has 2 rings (SSSR count). The van der Waals surface area contributed by atoms with Gasteiger partial charge in [0, 0.05) is 30.9 Å². The van der Waals surface area contributed by atoms with Crippen LogP contribution in [0.15, 0.2) is 54.6 Å². The maximum atomic E-state index is 12.2. The van der Waals surface area contributed by atoms with Crippen LogP contribution in [0.1, 0.15) is 23.7 Å².